The van der Waals surface area contributed by atoms with E-state index in [1.165, 1.54) is 24.1 Å². The number of unbranched alkanes of at least 4 members (excludes halogenated alkanes) is 1. The van der Waals surface area contributed by atoms with Gasteiger partial charge in [-0.25, -0.2) is 0 Å². The van der Waals surface area contributed by atoms with E-state index in [-0.39, 0.29) is 6.10 Å². The molecule has 0 saturated carbocycles. The monoisotopic (exact) mass is 322 g/mol. The van der Waals surface area contributed by atoms with E-state index in [4.69, 9.17) is 4.74 Å². The Labute approximate surface area is 146 Å². The molecule has 1 saturated heterocycles. The van der Waals surface area contributed by atoms with E-state index in [1.807, 2.05) is 0 Å². The molecule has 0 N–H and O–H groups in total. The Bertz CT molecular complexity index is 536. The van der Waals surface area contributed by atoms with Gasteiger partial charge in [-0.2, -0.15) is 0 Å². The Morgan fingerprint density at radius 1 is 0.917 bits per heavy atom. The lowest BCUT2D eigenvalue weighted by Crippen LogP contribution is -2.38. The summed E-state index contributed by atoms with van der Waals surface area (Å²) < 4.78 is 6.58. The summed E-state index contributed by atoms with van der Waals surface area (Å²) in [5.74, 6) is 0. The maximum Gasteiger partial charge on any atom is 0.108 e. The molecule has 2 aromatic carbocycles. The lowest BCUT2D eigenvalue weighted by atomic mass is 10.00. The van der Waals surface area contributed by atoms with Crippen molar-refractivity contribution in [1.82, 2.24) is 4.90 Å². The third kappa shape index (κ3) is 4.68. The molecule has 0 aromatic heterocycles. The largest absolute Gasteiger partial charge is 0.365 e. The predicted molar refractivity (Wildman–Crippen MR) is 99.9 cm³/mol. The molecule has 1 aliphatic rings. The van der Waals surface area contributed by atoms with Crippen molar-refractivity contribution >= 4 is 0 Å². The summed E-state index contributed by atoms with van der Waals surface area (Å²) in [4.78, 5) is 2.55. The van der Waals surface area contributed by atoms with Gasteiger partial charge in [0.1, 0.15) is 6.10 Å². The van der Waals surface area contributed by atoms with Crippen LogP contribution in [0, 0.1) is 6.92 Å². The second-order valence-electron chi connectivity index (χ2n) is 6.59. The van der Waals surface area contributed by atoms with Gasteiger partial charge >= 0.3 is 0 Å². The van der Waals surface area contributed by atoms with Crippen LogP contribution in [-0.4, -0.2) is 30.6 Å². The van der Waals surface area contributed by atoms with Gasteiger partial charge in [-0.05, 0) is 36.9 Å². The predicted octanol–water partition coefficient (Wildman–Crippen LogP) is 4.87. The lowest BCUT2D eigenvalue weighted by molar-refractivity contribution is -0.0270. The highest BCUT2D eigenvalue weighted by Crippen LogP contribution is 2.29. The molecule has 0 spiro atoms. The molecule has 1 radical (unpaired) electrons. The summed E-state index contributed by atoms with van der Waals surface area (Å²) in [6.45, 7) is 7.40. The first-order valence-corrected chi connectivity index (χ1v) is 9.14. The summed E-state index contributed by atoms with van der Waals surface area (Å²) in [5, 5.41) is 0. The zero-order valence-electron chi connectivity index (χ0n) is 14.4. The summed E-state index contributed by atoms with van der Waals surface area (Å²) in [6.07, 6.45) is 4.83. The van der Waals surface area contributed by atoms with Gasteiger partial charge in [0.2, 0.25) is 0 Å². The molecule has 2 nitrogen and oxygen atoms in total. The fourth-order valence-electron chi connectivity index (χ4n) is 3.40. The fraction of sp³-hybridized carbons (Fsp3) is 0.409. The van der Waals surface area contributed by atoms with Gasteiger partial charge in [-0.1, -0.05) is 74.0 Å². The minimum absolute atomic E-state index is 0.0313. The van der Waals surface area contributed by atoms with Crippen LogP contribution in [0.25, 0.3) is 0 Å². The van der Waals surface area contributed by atoms with E-state index in [2.05, 4.69) is 72.5 Å². The third-order valence-electron chi connectivity index (χ3n) is 4.79. The van der Waals surface area contributed by atoms with Crippen LogP contribution in [0.2, 0.25) is 0 Å². The average molecular weight is 322 g/mol. The Morgan fingerprint density at radius 2 is 1.46 bits per heavy atom. The summed E-state index contributed by atoms with van der Waals surface area (Å²) in [7, 11) is 0. The van der Waals surface area contributed by atoms with Crippen LogP contribution in [0.5, 0.6) is 0 Å². The van der Waals surface area contributed by atoms with Gasteiger partial charge in [-0.3, -0.25) is 0 Å². The molecule has 24 heavy (non-hydrogen) atoms. The minimum Gasteiger partial charge on any atom is -0.365 e. The molecule has 1 fully saturated rings. The van der Waals surface area contributed by atoms with Gasteiger partial charge < -0.3 is 9.64 Å². The minimum atomic E-state index is 0.0313. The molecule has 0 bridgehead atoms. The summed E-state index contributed by atoms with van der Waals surface area (Å²) >= 11 is 0. The SMILES string of the molecule is [CH2]CCCN1CCC(OC(c2ccccc2)c2ccccc2)CC1. The number of likely N-dealkylation sites (tertiary alicyclic amines) is 1. The number of rotatable bonds is 7. The molecule has 127 valence electrons. The second-order valence-corrected chi connectivity index (χ2v) is 6.59. The first kappa shape index (κ1) is 17.2. The molecule has 0 amide bonds. The van der Waals surface area contributed by atoms with E-state index in [0.29, 0.717) is 6.10 Å². The zero-order valence-corrected chi connectivity index (χ0v) is 14.4. The smallest absolute Gasteiger partial charge is 0.108 e. The van der Waals surface area contributed by atoms with Crippen molar-refractivity contribution in [3.05, 3.63) is 78.7 Å². The van der Waals surface area contributed by atoms with Gasteiger partial charge in [0.25, 0.3) is 0 Å². The third-order valence-corrected chi connectivity index (χ3v) is 4.79. The topological polar surface area (TPSA) is 12.5 Å². The number of piperidine rings is 1. The number of hydrogen-bond donors (Lipinski definition) is 0. The summed E-state index contributed by atoms with van der Waals surface area (Å²) in [5.41, 5.74) is 2.48. The van der Waals surface area contributed by atoms with Crippen LogP contribution in [0.15, 0.2) is 60.7 Å². The highest BCUT2D eigenvalue weighted by Gasteiger charge is 2.24. The Kier molecular flexibility index (Phi) is 6.45. The molecule has 1 heterocycles. The quantitative estimate of drug-likeness (QED) is 0.721. The van der Waals surface area contributed by atoms with Crippen LogP contribution >= 0.6 is 0 Å². The normalized spacial score (nSPS) is 16.6. The molecule has 0 aliphatic carbocycles. The molecule has 2 heteroatoms. The van der Waals surface area contributed by atoms with E-state index in [1.54, 1.807) is 0 Å². The van der Waals surface area contributed by atoms with Gasteiger partial charge in [0, 0.05) is 13.1 Å². The summed E-state index contributed by atoms with van der Waals surface area (Å²) in [6, 6.07) is 21.2. The number of hydrogen-bond acceptors (Lipinski definition) is 2. The first-order chi connectivity index (χ1) is 11.9. The fourth-order valence-corrected chi connectivity index (χ4v) is 3.40. The average Bonchev–Trinajstić information content (AvgIpc) is 2.67. The van der Waals surface area contributed by atoms with Crippen molar-refractivity contribution in [2.24, 2.45) is 0 Å². The van der Waals surface area contributed by atoms with Crippen LogP contribution in [-0.2, 0) is 4.74 Å². The van der Waals surface area contributed by atoms with Crippen LogP contribution in [0.4, 0.5) is 0 Å². The van der Waals surface area contributed by atoms with Crippen LogP contribution in [0.3, 0.4) is 0 Å². The van der Waals surface area contributed by atoms with Crippen molar-refractivity contribution in [3.8, 4) is 0 Å². The van der Waals surface area contributed by atoms with E-state index in [9.17, 15) is 0 Å². The van der Waals surface area contributed by atoms with Crippen LogP contribution in [0.1, 0.15) is 42.9 Å². The zero-order chi connectivity index (χ0) is 16.6. The Morgan fingerprint density at radius 3 is 1.96 bits per heavy atom. The highest BCUT2D eigenvalue weighted by atomic mass is 16.5. The standard InChI is InChI=1S/C22H28NO/c1-2-3-16-23-17-14-21(15-18-23)24-22(19-10-6-4-7-11-19)20-12-8-5-9-13-20/h4-13,21-22H,1-3,14-18H2. The van der Waals surface area contributed by atoms with Crippen molar-refractivity contribution in [2.75, 3.05) is 19.6 Å². The maximum absolute atomic E-state index is 6.58. The van der Waals surface area contributed by atoms with Crippen molar-refractivity contribution in [1.29, 1.82) is 0 Å². The van der Waals surface area contributed by atoms with Gasteiger partial charge in [0.05, 0.1) is 6.10 Å². The van der Waals surface area contributed by atoms with E-state index in [0.717, 1.165) is 32.4 Å². The number of nitrogens with zero attached hydrogens (tertiary/aromatic N) is 1. The molecule has 0 atom stereocenters. The molecular formula is C22H28NO. The first-order valence-electron chi connectivity index (χ1n) is 9.14. The maximum atomic E-state index is 6.58. The second kappa shape index (κ2) is 9.00. The van der Waals surface area contributed by atoms with Gasteiger partial charge in [0.15, 0.2) is 0 Å². The Balaban J connectivity index is 1.65. The van der Waals surface area contributed by atoms with Crippen molar-refractivity contribution < 1.29 is 4.74 Å². The molecular weight excluding hydrogens is 294 g/mol. The van der Waals surface area contributed by atoms with Crippen molar-refractivity contribution in [3.63, 3.8) is 0 Å². The van der Waals surface area contributed by atoms with Gasteiger partial charge in [-0.15, -0.1) is 0 Å². The van der Waals surface area contributed by atoms with Crippen molar-refractivity contribution in [2.45, 2.75) is 37.9 Å². The number of benzene rings is 2. The molecule has 1 aliphatic heterocycles. The molecule has 2 aromatic rings. The number of ether oxygens (including phenoxy) is 1. The van der Waals surface area contributed by atoms with E-state index >= 15 is 0 Å². The van der Waals surface area contributed by atoms with Crippen LogP contribution < -0.4 is 0 Å². The Hall–Kier alpha value is -1.64. The van der Waals surface area contributed by atoms with E-state index < -0.39 is 0 Å². The lowest BCUT2D eigenvalue weighted by Gasteiger charge is -2.34. The molecule has 3 rings (SSSR count). The molecule has 0 unspecified atom stereocenters. The highest BCUT2D eigenvalue weighted by molar-refractivity contribution is 5.30.